The Hall–Kier alpha value is -1.02. The first kappa shape index (κ1) is 18.0. The molecule has 0 spiro atoms. The van der Waals surface area contributed by atoms with Crippen LogP contribution in [0.2, 0.25) is 0 Å². The van der Waals surface area contributed by atoms with E-state index in [-0.39, 0.29) is 0 Å². The van der Waals surface area contributed by atoms with Gasteiger partial charge in [-0.2, -0.15) is 0 Å². The minimum absolute atomic E-state index is 0.485. The Morgan fingerprint density at radius 1 is 1.14 bits per heavy atom. The lowest BCUT2D eigenvalue weighted by Crippen LogP contribution is -2.08. The maximum atomic E-state index is 5.99. The lowest BCUT2D eigenvalue weighted by Gasteiger charge is -2.20. The van der Waals surface area contributed by atoms with Gasteiger partial charge in [-0.15, -0.1) is 0 Å². The first-order chi connectivity index (χ1) is 9.99. The van der Waals surface area contributed by atoms with Crippen LogP contribution < -0.4 is 10.5 Å². The predicted octanol–water partition coefficient (Wildman–Crippen LogP) is 5.08. The Kier molecular flexibility index (Phi) is 7.81. The van der Waals surface area contributed by atoms with Crippen LogP contribution in [0.15, 0.2) is 18.2 Å². The Morgan fingerprint density at radius 2 is 1.86 bits per heavy atom. The van der Waals surface area contributed by atoms with E-state index in [0.29, 0.717) is 17.8 Å². The zero-order valence-corrected chi connectivity index (χ0v) is 14.5. The third-order valence-corrected chi connectivity index (χ3v) is 3.95. The molecule has 0 bridgehead atoms. The van der Waals surface area contributed by atoms with E-state index in [4.69, 9.17) is 10.5 Å². The summed E-state index contributed by atoms with van der Waals surface area (Å²) in [5.74, 6) is 2.71. The van der Waals surface area contributed by atoms with Crippen LogP contribution in [0.1, 0.15) is 76.8 Å². The Bertz CT molecular complexity index is 412. The Labute approximate surface area is 131 Å². The summed E-state index contributed by atoms with van der Waals surface area (Å²) in [6.07, 6.45) is 3.45. The molecule has 21 heavy (non-hydrogen) atoms. The van der Waals surface area contributed by atoms with Crippen LogP contribution in [0.5, 0.6) is 5.75 Å². The van der Waals surface area contributed by atoms with Crippen LogP contribution in [-0.4, -0.2) is 13.2 Å². The standard InChI is InChI=1S/C19H33NO/c1-6-16(8-7-11-20)17-9-10-19(21-13-14(2)3)18(12-17)15(4)5/h9-10,12,14-16H,6-8,11,13,20H2,1-5H3. The van der Waals surface area contributed by atoms with Crippen molar-refractivity contribution in [3.05, 3.63) is 29.3 Å². The fourth-order valence-electron chi connectivity index (χ4n) is 2.63. The third kappa shape index (κ3) is 5.70. The number of hydrogen-bond acceptors (Lipinski definition) is 2. The van der Waals surface area contributed by atoms with Crippen molar-refractivity contribution in [3.8, 4) is 5.75 Å². The van der Waals surface area contributed by atoms with Crippen LogP contribution in [0.3, 0.4) is 0 Å². The van der Waals surface area contributed by atoms with Crippen LogP contribution >= 0.6 is 0 Å². The van der Waals surface area contributed by atoms with Gasteiger partial charge in [0.25, 0.3) is 0 Å². The number of ether oxygens (including phenoxy) is 1. The maximum Gasteiger partial charge on any atom is 0.122 e. The van der Waals surface area contributed by atoms with E-state index >= 15 is 0 Å². The minimum atomic E-state index is 0.485. The SMILES string of the molecule is CCC(CCCN)c1ccc(OCC(C)C)c(C(C)C)c1. The summed E-state index contributed by atoms with van der Waals surface area (Å²) in [5.41, 5.74) is 8.43. The molecule has 2 nitrogen and oxygen atoms in total. The Morgan fingerprint density at radius 3 is 2.38 bits per heavy atom. The van der Waals surface area contributed by atoms with Crippen molar-refractivity contribution in [2.24, 2.45) is 11.7 Å². The van der Waals surface area contributed by atoms with E-state index in [1.165, 1.54) is 24.0 Å². The maximum absolute atomic E-state index is 5.99. The molecule has 0 fully saturated rings. The van der Waals surface area contributed by atoms with Crippen molar-refractivity contribution in [3.63, 3.8) is 0 Å². The van der Waals surface area contributed by atoms with E-state index in [1.807, 2.05) is 0 Å². The van der Waals surface area contributed by atoms with Crippen LogP contribution in [-0.2, 0) is 0 Å². The third-order valence-electron chi connectivity index (χ3n) is 3.95. The van der Waals surface area contributed by atoms with Crippen molar-refractivity contribution in [1.29, 1.82) is 0 Å². The number of nitrogens with two attached hydrogens (primary N) is 1. The molecule has 0 saturated carbocycles. The fraction of sp³-hybridized carbons (Fsp3) is 0.684. The van der Waals surface area contributed by atoms with Crippen LogP contribution in [0.25, 0.3) is 0 Å². The molecule has 120 valence electrons. The van der Waals surface area contributed by atoms with Crippen molar-refractivity contribution in [1.82, 2.24) is 0 Å². The molecule has 0 aromatic heterocycles. The fourth-order valence-corrected chi connectivity index (χ4v) is 2.63. The number of rotatable bonds is 9. The van der Waals surface area contributed by atoms with Gasteiger partial charge in [-0.3, -0.25) is 0 Å². The van der Waals surface area contributed by atoms with Gasteiger partial charge in [0.05, 0.1) is 6.61 Å². The van der Waals surface area contributed by atoms with Gasteiger partial charge < -0.3 is 10.5 Å². The second-order valence-electron chi connectivity index (χ2n) is 6.69. The highest BCUT2D eigenvalue weighted by molar-refractivity contribution is 5.40. The average Bonchev–Trinajstić information content (AvgIpc) is 2.46. The first-order valence-corrected chi connectivity index (χ1v) is 8.46. The van der Waals surface area contributed by atoms with Crippen LogP contribution in [0, 0.1) is 5.92 Å². The van der Waals surface area contributed by atoms with Gasteiger partial charge >= 0.3 is 0 Å². The molecule has 0 heterocycles. The molecule has 1 atom stereocenters. The largest absolute Gasteiger partial charge is 0.493 e. The summed E-state index contributed by atoms with van der Waals surface area (Å²) in [6, 6.07) is 6.76. The molecule has 0 aliphatic heterocycles. The molecule has 0 aliphatic carbocycles. The zero-order valence-electron chi connectivity index (χ0n) is 14.5. The van der Waals surface area contributed by atoms with Crippen LogP contribution in [0.4, 0.5) is 0 Å². The quantitative estimate of drug-likeness (QED) is 0.689. The summed E-state index contributed by atoms with van der Waals surface area (Å²) in [7, 11) is 0. The smallest absolute Gasteiger partial charge is 0.122 e. The summed E-state index contributed by atoms with van der Waals surface area (Å²) >= 11 is 0. The number of benzene rings is 1. The van der Waals surface area contributed by atoms with Crippen molar-refractivity contribution in [2.45, 2.75) is 65.7 Å². The Balaban J connectivity index is 2.95. The average molecular weight is 291 g/mol. The van der Waals surface area contributed by atoms with E-state index in [2.05, 4.69) is 52.8 Å². The highest BCUT2D eigenvalue weighted by Gasteiger charge is 2.14. The molecule has 0 saturated heterocycles. The van der Waals surface area contributed by atoms with Crippen molar-refractivity contribution < 1.29 is 4.74 Å². The van der Waals surface area contributed by atoms with Crippen molar-refractivity contribution in [2.75, 3.05) is 13.2 Å². The minimum Gasteiger partial charge on any atom is -0.493 e. The predicted molar refractivity (Wildman–Crippen MR) is 92.2 cm³/mol. The van der Waals surface area contributed by atoms with E-state index in [0.717, 1.165) is 25.3 Å². The lowest BCUT2D eigenvalue weighted by molar-refractivity contribution is 0.267. The molecule has 2 N–H and O–H groups in total. The second kappa shape index (κ2) is 9.09. The highest BCUT2D eigenvalue weighted by atomic mass is 16.5. The molecule has 1 aromatic carbocycles. The molecule has 0 radical (unpaired) electrons. The zero-order chi connectivity index (χ0) is 15.8. The van der Waals surface area contributed by atoms with Gasteiger partial charge in [-0.25, -0.2) is 0 Å². The normalized spacial score (nSPS) is 13.0. The van der Waals surface area contributed by atoms with Gasteiger partial charge in [-0.1, -0.05) is 46.8 Å². The molecule has 0 amide bonds. The number of hydrogen-bond donors (Lipinski definition) is 1. The van der Waals surface area contributed by atoms with Gasteiger partial charge in [-0.05, 0) is 60.8 Å². The van der Waals surface area contributed by atoms with Crippen molar-refractivity contribution >= 4 is 0 Å². The molecule has 0 aliphatic rings. The molecular weight excluding hydrogens is 258 g/mol. The molecule has 2 heteroatoms. The monoisotopic (exact) mass is 291 g/mol. The molecule has 1 rings (SSSR count). The molecule has 1 unspecified atom stereocenters. The van der Waals surface area contributed by atoms with E-state index in [1.54, 1.807) is 0 Å². The molecular formula is C19H33NO. The van der Waals surface area contributed by atoms with Gasteiger partial charge in [0.1, 0.15) is 5.75 Å². The second-order valence-corrected chi connectivity index (χ2v) is 6.69. The first-order valence-electron chi connectivity index (χ1n) is 8.46. The van der Waals surface area contributed by atoms with Gasteiger partial charge in [0.15, 0.2) is 0 Å². The highest BCUT2D eigenvalue weighted by Crippen LogP contribution is 2.33. The summed E-state index contributed by atoms with van der Waals surface area (Å²) in [6.45, 7) is 12.7. The lowest BCUT2D eigenvalue weighted by atomic mass is 9.88. The van der Waals surface area contributed by atoms with Gasteiger partial charge in [0, 0.05) is 0 Å². The van der Waals surface area contributed by atoms with E-state index < -0.39 is 0 Å². The topological polar surface area (TPSA) is 35.2 Å². The summed E-state index contributed by atoms with van der Waals surface area (Å²) in [5, 5.41) is 0. The summed E-state index contributed by atoms with van der Waals surface area (Å²) < 4.78 is 5.99. The van der Waals surface area contributed by atoms with E-state index in [9.17, 15) is 0 Å². The summed E-state index contributed by atoms with van der Waals surface area (Å²) in [4.78, 5) is 0. The molecule has 1 aromatic rings. The van der Waals surface area contributed by atoms with Gasteiger partial charge in [0.2, 0.25) is 0 Å².